The quantitative estimate of drug-likeness (QED) is 0.309. The van der Waals surface area contributed by atoms with Gasteiger partial charge in [0.05, 0.1) is 5.09 Å². The van der Waals surface area contributed by atoms with Crippen LogP contribution in [-0.4, -0.2) is 37.9 Å². The molecule has 0 rings (SSSR count). The van der Waals surface area contributed by atoms with Gasteiger partial charge in [-0.15, -0.1) is 0 Å². The summed E-state index contributed by atoms with van der Waals surface area (Å²) in [6, 6.07) is 0. The zero-order valence-corrected chi connectivity index (χ0v) is 8.04. The molecule has 0 amide bonds. The molecule has 0 aliphatic carbocycles. The monoisotopic (exact) mass is 276 g/mol. The molecule has 0 bridgehead atoms. The largest absolute Gasteiger partial charge is 3.00 e. The fourth-order valence-corrected chi connectivity index (χ4v) is 0. The van der Waals surface area contributed by atoms with Gasteiger partial charge in [0.15, 0.2) is 0 Å². The van der Waals surface area contributed by atoms with Crippen LogP contribution in [0.3, 0.4) is 0 Å². The van der Waals surface area contributed by atoms with Gasteiger partial charge in [0.25, 0.3) is 0 Å². The minimum absolute atomic E-state index is 0. The van der Waals surface area contributed by atoms with Gasteiger partial charge in [0.2, 0.25) is 0 Å². The molecule has 1 radical (unpaired) electrons. The smallest absolute Gasteiger partial charge is 2.00 e. The maximum atomic E-state index is 8.25. The Morgan fingerprint density at radius 3 is 0.750 bits per heavy atom. The van der Waals surface area contributed by atoms with Crippen molar-refractivity contribution in [2.45, 2.75) is 0 Å². The molecular weight excluding hydrogens is 265 g/mol. The molecule has 0 fully saturated rings. The molecule has 0 saturated carbocycles. The summed E-state index contributed by atoms with van der Waals surface area (Å²) in [6.07, 6.45) is 0. The van der Waals surface area contributed by atoms with E-state index < -0.39 is 5.09 Å². The van der Waals surface area contributed by atoms with E-state index in [1.807, 2.05) is 0 Å². The van der Waals surface area contributed by atoms with Crippen molar-refractivity contribution in [3.05, 3.63) is 15.3 Å². The average molecular weight is 277 g/mol. The van der Waals surface area contributed by atoms with E-state index in [1.165, 1.54) is 0 Å². The molecule has 0 unspecified atom stereocenters. The van der Waals surface area contributed by atoms with Crippen LogP contribution in [0.25, 0.3) is 0 Å². The number of nitrogens with zero attached hydrogens (tertiary/aromatic N) is 1. The van der Waals surface area contributed by atoms with Crippen molar-refractivity contribution in [1.29, 1.82) is 0 Å². The Kier molecular flexibility index (Phi) is 1930. The van der Waals surface area contributed by atoms with Crippen LogP contribution in [0.4, 0.5) is 0 Å². The van der Waals surface area contributed by atoms with Gasteiger partial charge in [-0.1, -0.05) is 0 Å². The number of hydrogen-bond donors (Lipinski definition) is 0. The first-order valence-corrected chi connectivity index (χ1v) is 0.548. The first kappa shape index (κ1) is 175. The van der Waals surface area contributed by atoms with E-state index in [4.69, 9.17) is 15.3 Å². The third kappa shape index (κ3) is 19600. The van der Waals surface area contributed by atoms with Crippen molar-refractivity contribution in [1.82, 2.24) is 0 Å². The van der Waals surface area contributed by atoms with Crippen molar-refractivity contribution < 1.29 is 69.6 Å². The predicted octanol–water partition coefficient (Wildman–Crippen LogP) is -5.31. The normalized spacial score (nSPS) is 2.00. The van der Waals surface area contributed by atoms with Crippen LogP contribution in [0.1, 0.15) is 0 Å². The third-order valence-corrected chi connectivity index (χ3v) is 0. The van der Waals surface area contributed by atoms with E-state index in [0.29, 0.717) is 0 Å². The SMILES string of the molecule is O.O.O.O.O.O.O=[N+]([O-])[O-].[O-2].[Zr+3]. The molecule has 12 heteroatoms. The molecule has 0 spiro atoms. The van der Waals surface area contributed by atoms with Crippen molar-refractivity contribution in [3.8, 4) is 0 Å². The van der Waals surface area contributed by atoms with Gasteiger partial charge in [-0.2, -0.15) is 0 Å². The van der Waals surface area contributed by atoms with Crippen molar-refractivity contribution >= 4 is 0 Å². The Hall–Kier alpha value is -0.197. The molecule has 0 heterocycles. The van der Waals surface area contributed by atoms with Crippen LogP contribution in [0, 0.1) is 15.3 Å². The predicted molar refractivity (Wildman–Crippen MR) is 32.7 cm³/mol. The molecule has 11 nitrogen and oxygen atoms in total. The van der Waals surface area contributed by atoms with Crippen molar-refractivity contribution in [3.63, 3.8) is 0 Å². The summed E-state index contributed by atoms with van der Waals surface area (Å²) in [7, 11) is 0. The third-order valence-electron chi connectivity index (χ3n) is 0. The standard InChI is InChI=1S/NO3.6H2O.O.Zr/c2-1(3)4;;;;;;;;/h;6*1H2;;/q-1;;;;;;;-2;+3. The Morgan fingerprint density at radius 1 is 0.750 bits per heavy atom. The molecule has 0 aromatic rings. The molecule has 0 aromatic heterocycles. The first-order valence-electron chi connectivity index (χ1n) is 0.548. The summed E-state index contributed by atoms with van der Waals surface area (Å²) in [4.78, 5) is 8.25. The van der Waals surface area contributed by atoms with Gasteiger partial charge in [0, 0.05) is 0 Å². The topological polar surface area (TPSA) is 284 Å². The summed E-state index contributed by atoms with van der Waals surface area (Å²) in [6.45, 7) is 0. The van der Waals surface area contributed by atoms with E-state index in [9.17, 15) is 0 Å². The Bertz CT molecular complexity index is 32.8. The Morgan fingerprint density at radius 2 is 0.750 bits per heavy atom. The van der Waals surface area contributed by atoms with E-state index in [-0.39, 0.29) is 64.5 Å². The van der Waals surface area contributed by atoms with E-state index >= 15 is 0 Å². The Balaban J connectivity index is -0.00000000161. The minimum atomic E-state index is -1.75. The van der Waals surface area contributed by atoms with Gasteiger partial charge < -0.3 is 53.7 Å². The second kappa shape index (κ2) is 132. The molecule has 0 saturated heterocycles. The van der Waals surface area contributed by atoms with Crippen LogP contribution < -0.4 is 0 Å². The van der Waals surface area contributed by atoms with Crippen molar-refractivity contribution in [2.24, 2.45) is 0 Å². The maximum absolute atomic E-state index is 8.25. The van der Waals surface area contributed by atoms with Crippen LogP contribution in [-0.2, 0) is 31.7 Å². The molecule has 0 aliphatic heterocycles. The fraction of sp³-hybridized carbons (Fsp3) is 0. The number of hydrogen-bond acceptors (Lipinski definition) is 3. The minimum Gasteiger partial charge on any atom is -2.00 e. The summed E-state index contributed by atoms with van der Waals surface area (Å²) in [5.41, 5.74) is 0. The maximum Gasteiger partial charge on any atom is 3.00 e. The van der Waals surface area contributed by atoms with E-state index in [2.05, 4.69) is 0 Å². The molecule has 0 atom stereocenters. The molecule has 12 heavy (non-hydrogen) atoms. The zero-order chi connectivity index (χ0) is 3.58. The summed E-state index contributed by atoms with van der Waals surface area (Å²) < 4.78 is 0. The molecule has 12 N–H and O–H groups in total. The van der Waals surface area contributed by atoms with Gasteiger partial charge >= 0.3 is 26.2 Å². The average Bonchev–Trinajstić information content (AvgIpc) is 0.811. The number of rotatable bonds is 0. The summed E-state index contributed by atoms with van der Waals surface area (Å²) >= 11 is 0. The van der Waals surface area contributed by atoms with Gasteiger partial charge in [0.1, 0.15) is 0 Å². The molecule has 0 aromatic carbocycles. The van der Waals surface area contributed by atoms with E-state index in [1.54, 1.807) is 0 Å². The van der Waals surface area contributed by atoms with Crippen LogP contribution >= 0.6 is 0 Å². The van der Waals surface area contributed by atoms with Crippen LogP contribution in [0.15, 0.2) is 0 Å². The fourth-order valence-electron chi connectivity index (χ4n) is 0. The van der Waals surface area contributed by atoms with Crippen LogP contribution in [0.2, 0.25) is 0 Å². The zero-order valence-electron chi connectivity index (χ0n) is 5.58. The van der Waals surface area contributed by atoms with Crippen molar-refractivity contribution in [2.75, 3.05) is 0 Å². The van der Waals surface area contributed by atoms with E-state index in [0.717, 1.165) is 0 Å². The molecule has 81 valence electrons. The first-order chi connectivity index (χ1) is 1.73. The molecule has 0 aliphatic rings. The second-order valence-electron chi connectivity index (χ2n) is 0.224. The van der Waals surface area contributed by atoms with Gasteiger partial charge in [-0.05, 0) is 0 Å². The van der Waals surface area contributed by atoms with Gasteiger partial charge in [-0.25, -0.2) is 0 Å². The van der Waals surface area contributed by atoms with Gasteiger partial charge in [-0.3, -0.25) is 0 Å². The van der Waals surface area contributed by atoms with Crippen LogP contribution in [0.5, 0.6) is 0 Å². The Labute approximate surface area is 85.4 Å². The summed E-state index contributed by atoms with van der Waals surface area (Å²) in [5, 5.41) is 14.8. The summed E-state index contributed by atoms with van der Waals surface area (Å²) in [5.74, 6) is 0. The molecular formula is H12NO10Zr. The second-order valence-corrected chi connectivity index (χ2v) is 0.224.